The molecule has 7 nitrogen and oxygen atoms in total. The minimum Gasteiger partial charge on any atom is -0.491 e. The Morgan fingerprint density at radius 2 is 1.76 bits per heavy atom. The zero-order valence-electron chi connectivity index (χ0n) is 19.0. The predicted octanol–water partition coefficient (Wildman–Crippen LogP) is 5.78. The lowest BCUT2D eigenvalue weighted by Gasteiger charge is -2.15. The van der Waals surface area contributed by atoms with Gasteiger partial charge in [-0.2, -0.15) is 5.10 Å². The largest absolute Gasteiger partial charge is 0.491 e. The molecule has 0 saturated carbocycles. The van der Waals surface area contributed by atoms with Gasteiger partial charge in [-0.05, 0) is 63.1 Å². The summed E-state index contributed by atoms with van der Waals surface area (Å²) in [6, 6.07) is 16.5. The number of pyridine rings is 1. The molecule has 0 atom stereocenters. The summed E-state index contributed by atoms with van der Waals surface area (Å²) >= 11 is 0. The highest BCUT2D eigenvalue weighted by atomic mass is 16.5. The van der Waals surface area contributed by atoms with E-state index >= 15 is 0 Å². The summed E-state index contributed by atoms with van der Waals surface area (Å²) in [5, 5.41) is 17.8. The molecule has 2 aromatic carbocycles. The number of aromatic carboxylic acids is 1. The van der Waals surface area contributed by atoms with Crippen molar-refractivity contribution in [2.45, 2.75) is 33.8 Å². The number of nitrogens with zero attached hydrogens (tertiary/aromatic N) is 3. The molecule has 0 unspecified atom stereocenters. The molecule has 0 radical (unpaired) electrons. The molecule has 0 aliphatic rings. The number of hydrogen-bond acceptors (Lipinski definition) is 5. The van der Waals surface area contributed by atoms with E-state index in [4.69, 9.17) is 9.84 Å². The number of aromatic nitrogens is 3. The number of rotatable bonds is 7. The number of nitrogens with one attached hydrogen (secondary N) is 1. The number of carboxylic acids is 1. The van der Waals surface area contributed by atoms with Crippen molar-refractivity contribution in [3.8, 4) is 22.7 Å². The van der Waals surface area contributed by atoms with Crippen molar-refractivity contribution in [1.29, 1.82) is 0 Å². The van der Waals surface area contributed by atoms with Crippen LogP contribution in [0.4, 0.5) is 11.5 Å². The number of hydrogen-bond donors (Lipinski definition) is 2. The Morgan fingerprint density at radius 1 is 1.03 bits per heavy atom. The van der Waals surface area contributed by atoms with Gasteiger partial charge in [-0.3, -0.25) is 4.98 Å². The first kappa shape index (κ1) is 22.1. The summed E-state index contributed by atoms with van der Waals surface area (Å²) in [6.07, 6.45) is 3.63. The van der Waals surface area contributed by atoms with Gasteiger partial charge in [-0.1, -0.05) is 24.3 Å². The molecule has 0 saturated heterocycles. The van der Waals surface area contributed by atoms with Crippen molar-refractivity contribution in [2.24, 2.45) is 0 Å². The molecule has 168 valence electrons. The first-order valence-corrected chi connectivity index (χ1v) is 10.7. The van der Waals surface area contributed by atoms with Crippen molar-refractivity contribution in [3.63, 3.8) is 0 Å². The molecule has 2 aromatic heterocycles. The molecule has 0 aliphatic carbocycles. The van der Waals surface area contributed by atoms with Gasteiger partial charge in [0.25, 0.3) is 0 Å². The fourth-order valence-corrected chi connectivity index (χ4v) is 3.73. The van der Waals surface area contributed by atoms with Gasteiger partial charge >= 0.3 is 5.97 Å². The Labute approximate surface area is 192 Å². The van der Waals surface area contributed by atoms with E-state index in [-0.39, 0.29) is 11.7 Å². The molecule has 2 heterocycles. The summed E-state index contributed by atoms with van der Waals surface area (Å²) in [4.78, 5) is 16.0. The fraction of sp³-hybridized carbons (Fsp3) is 0.192. The lowest BCUT2D eigenvalue weighted by atomic mass is 10.1. The van der Waals surface area contributed by atoms with Crippen molar-refractivity contribution in [3.05, 3.63) is 83.7 Å². The van der Waals surface area contributed by atoms with Crippen LogP contribution in [0.15, 0.2) is 67.0 Å². The first-order valence-electron chi connectivity index (χ1n) is 10.7. The average Bonchev–Trinajstić information content (AvgIpc) is 3.17. The maximum Gasteiger partial charge on any atom is 0.337 e. The summed E-state index contributed by atoms with van der Waals surface area (Å²) in [5.41, 5.74) is 5.09. The van der Waals surface area contributed by atoms with Crippen LogP contribution >= 0.6 is 0 Å². The average molecular weight is 443 g/mol. The van der Waals surface area contributed by atoms with Gasteiger partial charge in [0, 0.05) is 24.0 Å². The van der Waals surface area contributed by atoms with Crippen LogP contribution in [0.25, 0.3) is 16.9 Å². The van der Waals surface area contributed by atoms with Crippen LogP contribution in [0.3, 0.4) is 0 Å². The van der Waals surface area contributed by atoms with Crippen LogP contribution in [0, 0.1) is 13.8 Å². The summed E-state index contributed by atoms with van der Waals surface area (Å²) in [7, 11) is 0. The predicted molar refractivity (Wildman–Crippen MR) is 129 cm³/mol. The highest BCUT2D eigenvalue weighted by molar-refractivity contribution is 5.95. The first-order chi connectivity index (χ1) is 15.8. The van der Waals surface area contributed by atoms with Crippen LogP contribution in [0.1, 0.15) is 35.3 Å². The standard InChI is InChI=1S/C26H26N4O3/c1-16(2)33-20-9-7-8-19(12-20)23-13-24(28-22-11-6-5-10-21(22)26(31)32)30(29-23)25-17(3)14-27-15-18(25)4/h5-16,28H,1-4H3,(H,31,32). The van der Waals surface area contributed by atoms with E-state index in [0.29, 0.717) is 11.5 Å². The second kappa shape index (κ2) is 9.16. The summed E-state index contributed by atoms with van der Waals surface area (Å²) < 4.78 is 7.65. The van der Waals surface area contributed by atoms with Gasteiger partial charge in [0.05, 0.1) is 28.7 Å². The number of carboxylic acid groups (broad SMARTS) is 1. The molecule has 4 aromatic rings. The normalized spacial score (nSPS) is 10.9. The van der Waals surface area contributed by atoms with Gasteiger partial charge in [0.15, 0.2) is 0 Å². The minimum atomic E-state index is -1.00. The van der Waals surface area contributed by atoms with Crippen LogP contribution in [0.2, 0.25) is 0 Å². The lowest BCUT2D eigenvalue weighted by Crippen LogP contribution is -2.09. The Balaban J connectivity index is 1.86. The second-order valence-corrected chi connectivity index (χ2v) is 8.12. The van der Waals surface area contributed by atoms with Gasteiger partial charge in [-0.15, -0.1) is 0 Å². The van der Waals surface area contributed by atoms with Crippen LogP contribution < -0.4 is 10.1 Å². The van der Waals surface area contributed by atoms with Crippen LogP contribution in [0.5, 0.6) is 5.75 Å². The van der Waals surface area contributed by atoms with E-state index in [9.17, 15) is 9.90 Å². The molecular formula is C26H26N4O3. The van der Waals surface area contributed by atoms with E-state index in [1.54, 1.807) is 41.3 Å². The topological polar surface area (TPSA) is 89.3 Å². The molecule has 0 bridgehead atoms. The van der Waals surface area contributed by atoms with Gasteiger partial charge in [-0.25, -0.2) is 9.48 Å². The smallest absolute Gasteiger partial charge is 0.337 e. The Hall–Kier alpha value is -4.13. The van der Waals surface area contributed by atoms with Gasteiger partial charge in [0.2, 0.25) is 0 Å². The Bertz CT molecular complexity index is 1290. The number of aryl methyl sites for hydroxylation is 2. The number of ether oxygens (including phenoxy) is 1. The molecule has 33 heavy (non-hydrogen) atoms. The molecule has 0 amide bonds. The molecular weight excluding hydrogens is 416 g/mol. The van der Waals surface area contributed by atoms with Crippen molar-refractivity contribution < 1.29 is 14.6 Å². The quantitative estimate of drug-likeness (QED) is 0.377. The van der Waals surface area contributed by atoms with Crippen molar-refractivity contribution in [2.75, 3.05) is 5.32 Å². The number of anilines is 2. The maximum atomic E-state index is 11.7. The van der Waals surface area contributed by atoms with Crippen molar-refractivity contribution in [1.82, 2.24) is 14.8 Å². The molecule has 2 N–H and O–H groups in total. The third kappa shape index (κ3) is 4.72. The summed E-state index contributed by atoms with van der Waals surface area (Å²) in [5.74, 6) is 0.407. The molecule has 7 heteroatoms. The van der Waals surface area contributed by atoms with Gasteiger partial charge < -0.3 is 15.2 Å². The monoisotopic (exact) mass is 442 g/mol. The van der Waals surface area contributed by atoms with Crippen molar-refractivity contribution >= 4 is 17.5 Å². The zero-order chi connectivity index (χ0) is 23.5. The fourth-order valence-electron chi connectivity index (χ4n) is 3.73. The maximum absolute atomic E-state index is 11.7. The van der Waals surface area contributed by atoms with E-state index in [0.717, 1.165) is 33.8 Å². The van der Waals surface area contributed by atoms with E-state index in [1.165, 1.54) is 0 Å². The number of para-hydroxylation sites is 1. The van der Waals surface area contributed by atoms with Crippen LogP contribution in [-0.2, 0) is 0 Å². The minimum absolute atomic E-state index is 0.0599. The molecule has 0 fully saturated rings. The summed E-state index contributed by atoms with van der Waals surface area (Å²) in [6.45, 7) is 7.92. The van der Waals surface area contributed by atoms with Crippen LogP contribution in [-0.4, -0.2) is 31.9 Å². The SMILES string of the molecule is Cc1cncc(C)c1-n1nc(-c2cccc(OC(C)C)c2)cc1Nc1ccccc1C(=O)O. The Kier molecular flexibility index (Phi) is 6.13. The van der Waals surface area contributed by atoms with E-state index < -0.39 is 5.97 Å². The van der Waals surface area contributed by atoms with Gasteiger partial charge in [0.1, 0.15) is 11.6 Å². The third-order valence-corrected chi connectivity index (χ3v) is 5.13. The molecule has 0 aliphatic heterocycles. The molecule has 0 spiro atoms. The van der Waals surface area contributed by atoms with E-state index in [2.05, 4.69) is 10.3 Å². The van der Waals surface area contributed by atoms with E-state index in [1.807, 2.05) is 58.0 Å². The Morgan fingerprint density at radius 3 is 2.45 bits per heavy atom. The number of carbonyl (C=O) groups is 1. The highest BCUT2D eigenvalue weighted by Gasteiger charge is 2.18. The zero-order valence-corrected chi connectivity index (χ0v) is 19.0. The highest BCUT2D eigenvalue weighted by Crippen LogP contribution is 2.31. The molecule has 4 rings (SSSR count). The second-order valence-electron chi connectivity index (χ2n) is 8.12. The lowest BCUT2D eigenvalue weighted by molar-refractivity contribution is 0.0698. The number of benzene rings is 2. The third-order valence-electron chi connectivity index (χ3n) is 5.13.